The number of ether oxygens (including phenoxy) is 2. The molecule has 202 valence electrons. The number of rotatable bonds is 8. The van der Waals surface area contributed by atoms with Crippen LogP contribution in [0.5, 0.6) is 0 Å². The summed E-state index contributed by atoms with van der Waals surface area (Å²) in [5, 5.41) is 15.9. The Morgan fingerprint density at radius 2 is 1.95 bits per heavy atom. The standard InChI is InChI=1S/C29H33FN2O6/c1-5-29(16-24(33)34)14-13-28(4,17-36-29)22-12-11-21(15-23(22)30)26-25(18(2)32-38-26)31-27(35)37-19(3)20-9-7-6-8-10-20/h6-12,15,19H,5,13-14,16-17H2,1-4H3,(H,31,35)(H,33,34)/t19-,28?,29?/m1/s1. The summed E-state index contributed by atoms with van der Waals surface area (Å²) in [4.78, 5) is 23.9. The Morgan fingerprint density at radius 1 is 1.21 bits per heavy atom. The van der Waals surface area contributed by atoms with Gasteiger partial charge in [0, 0.05) is 11.0 Å². The third kappa shape index (κ3) is 5.72. The van der Waals surface area contributed by atoms with Crippen LogP contribution >= 0.6 is 0 Å². The molecule has 1 aliphatic heterocycles. The SMILES string of the molecule is CCC1(CC(=O)O)CCC(C)(c2ccc(-c3onc(C)c3NC(=O)O[C@H](C)c3ccccc3)cc2F)CO1. The number of benzene rings is 2. The first-order valence-corrected chi connectivity index (χ1v) is 12.7. The number of nitrogens with zero attached hydrogens (tertiary/aromatic N) is 1. The summed E-state index contributed by atoms with van der Waals surface area (Å²) in [7, 11) is 0. The highest BCUT2D eigenvalue weighted by Crippen LogP contribution is 2.43. The number of carbonyl (C=O) groups excluding carboxylic acids is 1. The first-order valence-electron chi connectivity index (χ1n) is 12.7. The van der Waals surface area contributed by atoms with Crippen LogP contribution in [-0.4, -0.2) is 34.5 Å². The minimum atomic E-state index is -0.906. The molecule has 1 amide bonds. The van der Waals surface area contributed by atoms with Gasteiger partial charge in [-0.25, -0.2) is 9.18 Å². The number of aliphatic carboxylic acids is 1. The molecule has 3 atom stereocenters. The zero-order valence-corrected chi connectivity index (χ0v) is 22.0. The lowest BCUT2D eigenvalue weighted by atomic mass is 9.72. The summed E-state index contributed by atoms with van der Waals surface area (Å²) in [6.45, 7) is 7.48. The second-order valence-electron chi connectivity index (χ2n) is 10.2. The Morgan fingerprint density at radius 3 is 2.55 bits per heavy atom. The molecule has 38 heavy (non-hydrogen) atoms. The summed E-state index contributed by atoms with van der Waals surface area (Å²) in [6.07, 6.45) is 0.449. The molecule has 9 heteroatoms. The predicted octanol–water partition coefficient (Wildman–Crippen LogP) is 6.79. The molecular formula is C29H33FN2O6. The van der Waals surface area contributed by atoms with Gasteiger partial charge in [0.05, 0.1) is 18.6 Å². The van der Waals surface area contributed by atoms with Crippen LogP contribution in [0, 0.1) is 12.7 Å². The third-order valence-corrected chi connectivity index (χ3v) is 7.47. The van der Waals surface area contributed by atoms with Gasteiger partial charge in [-0.1, -0.05) is 61.5 Å². The zero-order valence-electron chi connectivity index (χ0n) is 22.0. The second kappa shape index (κ2) is 10.9. The molecule has 0 aliphatic carbocycles. The highest BCUT2D eigenvalue weighted by atomic mass is 19.1. The highest BCUT2D eigenvalue weighted by molar-refractivity contribution is 5.90. The zero-order chi connectivity index (χ0) is 27.5. The van der Waals surface area contributed by atoms with Gasteiger partial charge in [0.25, 0.3) is 0 Å². The van der Waals surface area contributed by atoms with E-state index >= 15 is 4.39 Å². The molecule has 0 radical (unpaired) electrons. The van der Waals surface area contributed by atoms with Gasteiger partial charge in [-0.3, -0.25) is 10.1 Å². The summed E-state index contributed by atoms with van der Waals surface area (Å²) in [6, 6.07) is 14.1. The van der Waals surface area contributed by atoms with Gasteiger partial charge in [-0.05, 0) is 50.3 Å². The number of carbonyl (C=O) groups is 2. The van der Waals surface area contributed by atoms with E-state index < -0.39 is 35.0 Å². The van der Waals surface area contributed by atoms with E-state index in [4.69, 9.17) is 14.0 Å². The van der Waals surface area contributed by atoms with Crippen LogP contribution in [0.1, 0.15) is 69.4 Å². The fourth-order valence-corrected chi connectivity index (χ4v) is 4.94. The van der Waals surface area contributed by atoms with Crippen molar-refractivity contribution in [2.24, 2.45) is 0 Å². The predicted molar refractivity (Wildman–Crippen MR) is 139 cm³/mol. The number of aryl methyl sites for hydroxylation is 1. The number of hydrogen-bond acceptors (Lipinski definition) is 6. The maximum absolute atomic E-state index is 15.5. The van der Waals surface area contributed by atoms with Crippen LogP contribution in [-0.2, 0) is 19.7 Å². The molecule has 1 fully saturated rings. The molecule has 0 bridgehead atoms. The molecule has 0 spiro atoms. The van der Waals surface area contributed by atoms with E-state index in [0.717, 1.165) is 5.56 Å². The quantitative estimate of drug-likeness (QED) is 0.334. The van der Waals surface area contributed by atoms with Crippen LogP contribution in [0.3, 0.4) is 0 Å². The lowest BCUT2D eigenvalue weighted by Crippen LogP contribution is -2.46. The molecule has 2 N–H and O–H groups in total. The van der Waals surface area contributed by atoms with E-state index in [2.05, 4.69) is 10.5 Å². The molecule has 1 saturated heterocycles. The second-order valence-corrected chi connectivity index (χ2v) is 10.2. The largest absolute Gasteiger partial charge is 0.481 e. The van der Waals surface area contributed by atoms with Crippen molar-refractivity contribution < 1.29 is 33.1 Å². The number of carboxylic acid groups (broad SMARTS) is 1. The number of hydrogen-bond donors (Lipinski definition) is 2. The van der Waals surface area contributed by atoms with Crippen molar-refractivity contribution in [1.82, 2.24) is 5.16 Å². The monoisotopic (exact) mass is 524 g/mol. The van der Waals surface area contributed by atoms with Crippen molar-refractivity contribution in [3.8, 4) is 11.3 Å². The lowest BCUT2D eigenvalue weighted by molar-refractivity contribution is -0.155. The van der Waals surface area contributed by atoms with Crippen LogP contribution < -0.4 is 5.32 Å². The first-order chi connectivity index (χ1) is 18.1. The van der Waals surface area contributed by atoms with Gasteiger partial charge in [0.1, 0.15) is 23.3 Å². The number of anilines is 1. The molecule has 2 unspecified atom stereocenters. The number of aromatic nitrogens is 1. The summed E-state index contributed by atoms with van der Waals surface area (Å²) < 4.78 is 32.5. The van der Waals surface area contributed by atoms with Crippen molar-refractivity contribution in [3.63, 3.8) is 0 Å². The maximum Gasteiger partial charge on any atom is 0.412 e. The van der Waals surface area contributed by atoms with Crippen molar-refractivity contribution in [2.45, 2.75) is 70.5 Å². The van der Waals surface area contributed by atoms with Crippen molar-refractivity contribution in [1.29, 1.82) is 0 Å². The topological polar surface area (TPSA) is 111 Å². The minimum absolute atomic E-state index is 0.0752. The summed E-state index contributed by atoms with van der Waals surface area (Å²) in [5.41, 5.74) is 1.12. The molecule has 1 aromatic heterocycles. The molecule has 3 aromatic rings. The molecule has 2 aromatic carbocycles. The van der Waals surface area contributed by atoms with E-state index in [1.165, 1.54) is 6.07 Å². The van der Waals surface area contributed by atoms with E-state index in [1.54, 1.807) is 26.0 Å². The molecule has 8 nitrogen and oxygen atoms in total. The third-order valence-electron chi connectivity index (χ3n) is 7.47. The van der Waals surface area contributed by atoms with E-state index in [0.29, 0.717) is 41.8 Å². The van der Waals surface area contributed by atoms with E-state index in [9.17, 15) is 14.7 Å². The molecule has 0 saturated carbocycles. The molecule has 4 rings (SSSR count). The maximum atomic E-state index is 15.5. The number of amides is 1. The number of halogens is 1. The van der Waals surface area contributed by atoms with Gasteiger partial charge >= 0.3 is 12.1 Å². The van der Waals surface area contributed by atoms with E-state index in [1.807, 2.05) is 44.2 Å². The average molecular weight is 525 g/mol. The Balaban J connectivity index is 1.50. The number of carboxylic acids is 1. The van der Waals surface area contributed by atoms with Crippen LogP contribution in [0.4, 0.5) is 14.9 Å². The van der Waals surface area contributed by atoms with Gasteiger partial charge in [0.15, 0.2) is 5.76 Å². The number of nitrogens with one attached hydrogen (secondary N) is 1. The molecular weight excluding hydrogens is 491 g/mol. The first kappa shape index (κ1) is 27.3. The molecule has 1 aliphatic rings. The Hall–Kier alpha value is -3.72. The van der Waals surface area contributed by atoms with Gasteiger partial charge < -0.3 is 19.1 Å². The fraction of sp³-hybridized carbons (Fsp3) is 0.414. The van der Waals surface area contributed by atoms with Crippen LogP contribution in [0.15, 0.2) is 53.1 Å². The van der Waals surface area contributed by atoms with Gasteiger partial charge in [0.2, 0.25) is 0 Å². The van der Waals surface area contributed by atoms with Crippen molar-refractivity contribution in [2.75, 3.05) is 11.9 Å². The van der Waals surface area contributed by atoms with E-state index in [-0.39, 0.29) is 18.8 Å². The van der Waals surface area contributed by atoms with Gasteiger partial charge in [-0.15, -0.1) is 0 Å². The smallest absolute Gasteiger partial charge is 0.412 e. The van der Waals surface area contributed by atoms with Crippen molar-refractivity contribution >= 4 is 17.7 Å². The van der Waals surface area contributed by atoms with Crippen molar-refractivity contribution in [3.05, 3.63) is 71.2 Å². The van der Waals surface area contributed by atoms with Gasteiger partial charge in [-0.2, -0.15) is 0 Å². The Bertz CT molecular complexity index is 1300. The lowest BCUT2D eigenvalue weighted by Gasteiger charge is -2.44. The fourth-order valence-electron chi connectivity index (χ4n) is 4.94. The normalized spacial score (nSPS) is 22.0. The van der Waals surface area contributed by atoms with Crippen LogP contribution in [0.25, 0.3) is 11.3 Å². The Labute approximate surface area is 221 Å². The minimum Gasteiger partial charge on any atom is -0.481 e. The van der Waals surface area contributed by atoms with Crippen LogP contribution in [0.2, 0.25) is 0 Å². The summed E-state index contributed by atoms with van der Waals surface area (Å²) in [5.74, 6) is -1.14. The Kier molecular flexibility index (Phi) is 7.87. The highest BCUT2D eigenvalue weighted by Gasteiger charge is 2.43. The summed E-state index contributed by atoms with van der Waals surface area (Å²) >= 11 is 0. The molecule has 2 heterocycles. The average Bonchev–Trinajstić information content (AvgIpc) is 3.25.